The van der Waals surface area contributed by atoms with Crippen LogP contribution in [0.5, 0.6) is 11.5 Å². The van der Waals surface area contributed by atoms with Gasteiger partial charge in [-0.2, -0.15) is 0 Å². The molecule has 86 valence electrons. The predicted molar refractivity (Wildman–Crippen MR) is 62.2 cm³/mol. The van der Waals surface area contributed by atoms with Crippen molar-refractivity contribution in [3.05, 3.63) is 48.0 Å². The Bertz CT molecular complexity index is 561. The van der Waals surface area contributed by atoms with Crippen molar-refractivity contribution in [2.75, 3.05) is 0 Å². The molecule has 0 atom stereocenters. The second-order valence-corrected chi connectivity index (χ2v) is 3.53. The summed E-state index contributed by atoms with van der Waals surface area (Å²) in [6.45, 7) is 0. The molecule has 2 rings (SSSR count). The van der Waals surface area contributed by atoms with E-state index >= 15 is 0 Å². The number of carboxylic acids is 1. The minimum atomic E-state index is -1.28. The topological polar surface area (TPSA) is 77.8 Å². The van der Waals surface area contributed by atoms with E-state index in [9.17, 15) is 15.0 Å². The second kappa shape index (κ2) is 4.17. The molecule has 0 aliphatic rings. The van der Waals surface area contributed by atoms with Crippen LogP contribution in [-0.2, 0) is 0 Å². The van der Waals surface area contributed by atoms with Gasteiger partial charge in [0.15, 0.2) is 11.5 Å². The van der Waals surface area contributed by atoms with Crippen LogP contribution >= 0.6 is 0 Å². The van der Waals surface area contributed by atoms with Crippen molar-refractivity contribution in [3.63, 3.8) is 0 Å². The zero-order valence-corrected chi connectivity index (χ0v) is 8.79. The second-order valence-electron chi connectivity index (χ2n) is 3.53. The molecule has 0 bridgehead atoms. The van der Waals surface area contributed by atoms with Crippen molar-refractivity contribution in [3.8, 4) is 22.6 Å². The number of carbonyl (C=O) groups is 1. The lowest BCUT2D eigenvalue weighted by Crippen LogP contribution is -2.00. The minimum absolute atomic E-state index is 0.295. The Morgan fingerprint density at radius 2 is 1.59 bits per heavy atom. The Labute approximate surface area is 97.4 Å². The van der Waals surface area contributed by atoms with Crippen LogP contribution in [0.25, 0.3) is 11.1 Å². The van der Waals surface area contributed by atoms with Gasteiger partial charge in [-0.15, -0.1) is 0 Å². The fourth-order valence-electron chi connectivity index (χ4n) is 1.65. The molecule has 4 nitrogen and oxygen atoms in total. The first kappa shape index (κ1) is 11.0. The lowest BCUT2D eigenvalue weighted by atomic mass is 9.98. The van der Waals surface area contributed by atoms with E-state index in [2.05, 4.69) is 0 Å². The summed E-state index contributed by atoms with van der Waals surface area (Å²) in [5.74, 6) is -2.34. The van der Waals surface area contributed by atoms with Crippen molar-refractivity contribution in [1.82, 2.24) is 0 Å². The molecule has 0 radical (unpaired) electrons. The lowest BCUT2D eigenvalue weighted by Gasteiger charge is -2.09. The van der Waals surface area contributed by atoms with E-state index in [0.29, 0.717) is 11.1 Å². The zero-order valence-electron chi connectivity index (χ0n) is 8.79. The number of rotatable bonds is 2. The Morgan fingerprint density at radius 1 is 0.941 bits per heavy atom. The fraction of sp³-hybridized carbons (Fsp3) is 0. The summed E-state index contributed by atoms with van der Waals surface area (Å²) in [6, 6.07) is 11.6. The molecule has 0 aromatic heterocycles. The molecule has 0 saturated heterocycles. The maximum Gasteiger partial charge on any atom is 0.340 e. The average Bonchev–Trinajstić information content (AvgIpc) is 2.33. The highest BCUT2D eigenvalue weighted by Gasteiger charge is 2.19. The van der Waals surface area contributed by atoms with Crippen LogP contribution in [0, 0.1) is 0 Å². The third-order valence-electron chi connectivity index (χ3n) is 2.46. The van der Waals surface area contributed by atoms with Gasteiger partial charge in [0.2, 0.25) is 0 Å². The summed E-state index contributed by atoms with van der Waals surface area (Å²) in [5.41, 5.74) is 0.741. The summed E-state index contributed by atoms with van der Waals surface area (Å²) in [7, 11) is 0. The van der Waals surface area contributed by atoms with Crippen LogP contribution in [0.1, 0.15) is 10.4 Å². The summed E-state index contributed by atoms with van der Waals surface area (Å²) in [6.07, 6.45) is 0. The van der Waals surface area contributed by atoms with Crippen molar-refractivity contribution in [1.29, 1.82) is 0 Å². The molecule has 17 heavy (non-hydrogen) atoms. The summed E-state index contributed by atoms with van der Waals surface area (Å²) in [5, 5.41) is 27.9. The monoisotopic (exact) mass is 230 g/mol. The van der Waals surface area contributed by atoms with Gasteiger partial charge in [-0.25, -0.2) is 4.79 Å². The van der Waals surface area contributed by atoms with Crippen LogP contribution in [0.4, 0.5) is 0 Å². The maximum atomic E-state index is 11.1. The van der Waals surface area contributed by atoms with E-state index in [1.54, 1.807) is 24.3 Å². The smallest absolute Gasteiger partial charge is 0.340 e. The number of hydrogen-bond acceptors (Lipinski definition) is 3. The molecule has 0 fully saturated rings. The summed E-state index contributed by atoms with van der Waals surface area (Å²) in [4.78, 5) is 11.1. The number of benzene rings is 2. The Kier molecular flexibility index (Phi) is 2.70. The third kappa shape index (κ3) is 1.92. The lowest BCUT2D eigenvalue weighted by molar-refractivity contribution is 0.0694. The van der Waals surface area contributed by atoms with Gasteiger partial charge in [0.05, 0.1) is 0 Å². The summed E-state index contributed by atoms with van der Waals surface area (Å²) >= 11 is 0. The van der Waals surface area contributed by atoms with Gasteiger partial charge in [0, 0.05) is 5.56 Å². The Balaban J connectivity index is 2.71. The average molecular weight is 230 g/mol. The molecule has 4 heteroatoms. The fourth-order valence-corrected chi connectivity index (χ4v) is 1.65. The highest BCUT2D eigenvalue weighted by Crippen LogP contribution is 2.36. The molecule has 0 heterocycles. The molecular weight excluding hydrogens is 220 g/mol. The largest absolute Gasteiger partial charge is 0.504 e. The molecule has 0 saturated carbocycles. The van der Waals surface area contributed by atoms with E-state index in [4.69, 9.17) is 5.11 Å². The van der Waals surface area contributed by atoms with E-state index in [-0.39, 0.29) is 5.56 Å². The number of phenols is 2. The SMILES string of the molecule is O=C(O)c1c(-c2ccccc2)ccc(O)c1O. The van der Waals surface area contributed by atoms with Gasteiger partial charge in [0.1, 0.15) is 5.56 Å². The van der Waals surface area contributed by atoms with Crippen LogP contribution in [0.15, 0.2) is 42.5 Å². The normalized spacial score (nSPS) is 10.1. The number of aromatic carboxylic acids is 1. The van der Waals surface area contributed by atoms with Gasteiger partial charge in [-0.1, -0.05) is 30.3 Å². The minimum Gasteiger partial charge on any atom is -0.504 e. The van der Waals surface area contributed by atoms with E-state index in [1.807, 2.05) is 6.07 Å². The number of phenolic OH excluding ortho intramolecular Hbond substituents is 1. The first-order valence-corrected chi connectivity index (χ1v) is 4.95. The van der Waals surface area contributed by atoms with Gasteiger partial charge < -0.3 is 15.3 Å². The standard InChI is InChI=1S/C13H10O4/c14-10-7-6-9(8-4-2-1-3-5-8)11(12(10)15)13(16)17/h1-7,14-15H,(H,16,17). The van der Waals surface area contributed by atoms with Gasteiger partial charge >= 0.3 is 5.97 Å². The van der Waals surface area contributed by atoms with Crippen LogP contribution in [0.2, 0.25) is 0 Å². The number of aromatic hydroxyl groups is 2. The first-order valence-electron chi connectivity index (χ1n) is 4.95. The van der Waals surface area contributed by atoms with Crippen molar-refractivity contribution in [2.45, 2.75) is 0 Å². The van der Waals surface area contributed by atoms with Crippen LogP contribution in [0.3, 0.4) is 0 Å². The molecule has 2 aromatic rings. The van der Waals surface area contributed by atoms with E-state index < -0.39 is 17.5 Å². The molecule has 2 aromatic carbocycles. The maximum absolute atomic E-state index is 11.1. The number of hydrogen-bond donors (Lipinski definition) is 3. The molecule has 0 unspecified atom stereocenters. The molecule has 3 N–H and O–H groups in total. The van der Waals surface area contributed by atoms with Crippen molar-refractivity contribution < 1.29 is 20.1 Å². The van der Waals surface area contributed by atoms with Crippen LogP contribution in [-0.4, -0.2) is 21.3 Å². The zero-order chi connectivity index (χ0) is 12.4. The quantitative estimate of drug-likeness (QED) is 0.692. The molecule has 0 aliphatic heterocycles. The molecule has 0 aliphatic carbocycles. The van der Waals surface area contributed by atoms with Gasteiger partial charge in [-0.3, -0.25) is 0 Å². The van der Waals surface area contributed by atoms with Crippen molar-refractivity contribution >= 4 is 5.97 Å². The molecule has 0 spiro atoms. The molecule has 0 amide bonds. The number of carboxylic acid groups (broad SMARTS) is 1. The van der Waals surface area contributed by atoms with E-state index in [0.717, 1.165) is 0 Å². The van der Waals surface area contributed by atoms with E-state index in [1.165, 1.54) is 12.1 Å². The summed E-state index contributed by atoms with van der Waals surface area (Å²) < 4.78 is 0. The third-order valence-corrected chi connectivity index (χ3v) is 2.46. The predicted octanol–water partition coefficient (Wildman–Crippen LogP) is 2.46. The highest BCUT2D eigenvalue weighted by molar-refractivity contribution is 5.99. The highest BCUT2D eigenvalue weighted by atomic mass is 16.4. The molecular formula is C13H10O4. The first-order chi connectivity index (χ1) is 8.11. The van der Waals surface area contributed by atoms with Gasteiger partial charge in [0.25, 0.3) is 0 Å². The van der Waals surface area contributed by atoms with Crippen molar-refractivity contribution in [2.24, 2.45) is 0 Å². The van der Waals surface area contributed by atoms with Gasteiger partial charge in [-0.05, 0) is 17.7 Å². The Morgan fingerprint density at radius 3 is 2.18 bits per heavy atom. The van der Waals surface area contributed by atoms with Crippen LogP contribution < -0.4 is 0 Å². The Hall–Kier alpha value is -2.49.